The van der Waals surface area contributed by atoms with Crippen LogP contribution in [-0.2, 0) is 14.9 Å². The number of para-hydroxylation sites is 1. The molecule has 5 heteroatoms. The summed E-state index contributed by atoms with van der Waals surface area (Å²) in [7, 11) is 0. The highest BCUT2D eigenvalue weighted by atomic mass is 35.5. The Morgan fingerprint density at radius 1 is 1.14 bits per heavy atom. The van der Waals surface area contributed by atoms with Crippen LogP contribution in [0.25, 0.3) is 0 Å². The van der Waals surface area contributed by atoms with Gasteiger partial charge in [0.2, 0.25) is 5.91 Å². The molecule has 4 nitrogen and oxygen atoms in total. The van der Waals surface area contributed by atoms with Crippen LogP contribution in [0.15, 0.2) is 48.5 Å². The fraction of sp³-hybridized carbons (Fsp3) is 0.333. The van der Waals surface area contributed by atoms with E-state index >= 15 is 0 Å². The summed E-state index contributed by atoms with van der Waals surface area (Å²) in [5.41, 5.74) is 0.467. The van der Waals surface area contributed by atoms with Crippen LogP contribution in [0.5, 0.6) is 0 Å². The summed E-state index contributed by atoms with van der Waals surface area (Å²) in [6, 6.07) is 14.5. The minimum absolute atomic E-state index is 0.328. The number of ether oxygens (including phenoxy) is 1. The van der Waals surface area contributed by atoms with E-state index in [4.69, 9.17) is 16.3 Å². The maximum absolute atomic E-state index is 13.4. The fourth-order valence-corrected chi connectivity index (χ4v) is 3.47. The summed E-state index contributed by atoms with van der Waals surface area (Å²) >= 11 is 5.92. The Morgan fingerprint density at radius 2 is 1.76 bits per heavy atom. The van der Waals surface area contributed by atoms with E-state index in [-0.39, 0.29) is 11.8 Å². The lowest BCUT2D eigenvalue weighted by Crippen LogP contribution is -2.46. The molecule has 0 saturated heterocycles. The molecule has 0 bridgehead atoms. The first kappa shape index (κ1) is 21.0. The van der Waals surface area contributed by atoms with E-state index in [1.165, 1.54) is 0 Å². The van der Waals surface area contributed by atoms with Gasteiger partial charge in [-0.05, 0) is 63.6 Å². The molecule has 2 aromatic rings. The molecule has 0 spiro atoms. The second kappa shape index (κ2) is 7.57. The van der Waals surface area contributed by atoms with Crippen LogP contribution >= 0.6 is 11.6 Å². The average molecular weight is 410 g/mol. The van der Waals surface area contributed by atoms with Crippen LogP contribution in [0.3, 0.4) is 0 Å². The Hall–Kier alpha value is -2.77. The number of amides is 2. The molecule has 0 N–H and O–H groups in total. The number of imide groups is 1. The van der Waals surface area contributed by atoms with Crippen LogP contribution in [-0.4, -0.2) is 17.6 Å². The third-order valence-electron chi connectivity index (χ3n) is 5.07. The molecule has 2 amide bonds. The zero-order valence-corrected chi connectivity index (χ0v) is 18.0. The number of carbonyl (C=O) groups is 2. The van der Waals surface area contributed by atoms with E-state index < -0.39 is 17.1 Å². The number of halogens is 1. The zero-order chi connectivity index (χ0) is 21.4. The van der Waals surface area contributed by atoms with Crippen LogP contribution in [0.4, 0.5) is 10.5 Å². The Balaban J connectivity index is 1.99. The molecule has 29 heavy (non-hydrogen) atoms. The van der Waals surface area contributed by atoms with E-state index in [1.807, 2.05) is 38.1 Å². The van der Waals surface area contributed by atoms with E-state index in [1.54, 1.807) is 45.0 Å². The lowest BCUT2D eigenvalue weighted by molar-refractivity contribution is -0.123. The fourth-order valence-electron chi connectivity index (χ4n) is 3.34. The summed E-state index contributed by atoms with van der Waals surface area (Å²) in [5, 5.41) is 0.642. The van der Waals surface area contributed by atoms with Gasteiger partial charge in [0, 0.05) is 16.5 Å². The first-order valence-electron chi connectivity index (χ1n) is 9.48. The van der Waals surface area contributed by atoms with E-state index in [0.29, 0.717) is 10.7 Å². The van der Waals surface area contributed by atoms with Gasteiger partial charge in [-0.25, -0.2) is 9.69 Å². The lowest BCUT2D eigenvalue weighted by Gasteiger charge is -2.28. The van der Waals surface area contributed by atoms with Gasteiger partial charge >= 0.3 is 6.09 Å². The summed E-state index contributed by atoms with van der Waals surface area (Å²) in [4.78, 5) is 27.4. The number of hydrogen-bond acceptors (Lipinski definition) is 3. The Bertz CT molecular complexity index is 1010. The molecule has 1 heterocycles. The molecular weight excluding hydrogens is 386 g/mol. The highest BCUT2D eigenvalue weighted by Gasteiger charge is 2.53. The van der Waals surface area contributed by atoms with Crippen LogP contribution in [0, 0.1) is 17.8 Å². The predicted octanol–water partition coefficient (Wildman–Crippen LogP) is 5.57. The molecular formula is C24H24ClNO3. The first-order chi connectivity index (χ1) is 13.5. The van der Waals surface area contributed by atoms with Gasteiger partial charge in [0.25, 0.3) is 0 Å². The quantitative estimate of drug-likeness (QED) is 0.578. The summed E-state index contributed by atoms with van der Waals surface area (Å²) in [6.45, 7) is 9.06. The molecule has 2 aromatic carbocycles. The molecule has 0 fully saturated rings. The maximum atomic E-state index is 13.4. The monoisotopic (exact) mass is 409 g/mol. The normalized spacial score (nSPS) is 19.2. The number of hydrogen-bond donors (Lipinski definition) is 0. The summed E-state index contributed by atoms with van der Waals surface area (Å²) < 4.78 is 5.48. The van der Waals surface area contributed by atoms with Crippen molar-refractivity contribution in [2.24, 2.45) is 5.92 Å². The van der Waals surface area contributed by atoms with E-state index in [0.717, 1.165) is 16.0 Å². The number of nitrogens with zero attached hydrogens (tertiary/aromatic N) is 1. The van der Waals surface area contributed by atoms with Gasteiger partial charge in [-0.1, -0.05) is 48.6 Å². The van der Waals surface area contributed by atoms with Gasteiger partial charge in [-0.3, -0.25) is 4.79 Å². The maximum Gasteiger partial charge on any atom is 0.421 e. The van der Waals surface area contributed by atoms with Crippen LogP contribution < -0.4 is 4.90 Å². The van der Waals surface area contributed by atoms with Gasteiger partial charge < -0.3 is 4.74 Å². The molecule has 0 aliphatic carbocycles. The van der Waals surface area contributed by atoms with E-state index in [2.05, 4.69) is 11.8 Å². The van der Waals surface area contributed by atoms with Gasteiger partial charge in [0.15, 0.2) is 0 Å². The smallest absolute Gasteiger partial charge is 0.421 e. The highest BCUT2D eigenvalue weighted by molar-refractivity contribution is 6.30. The van der Waals surface area contributed by atoms with E-state index in [9.17, 15) is 9.59 Å². The topological polar surface area (TPSA) is 46.6 Å². The third kappa shape index (κ3) is 4.02. The van der Waals surface area contributed by atoms with Gasteiger partial charge in [0.1, 0.15) is 5.60 Å². The minimum atomic E-state index is -0.965. The van der Waals surface area contributed by atoms with Crippen molar-refractivity contribution in [3.8, 4) is 11.8 Å². The third-order valence-corrected chi connectivity index (χ3v) is 5.32. The minimum Gasteiger partial charge on any atom is -0.443 e. The van der Waals surface area contributed by atoms with Crippen molar-refractivity contribution >= 4 is 29.3 Å². The lowest BCUT2D eigenvalue weighted by atomic mass is 9.73. The molecule has 0 unspecified atom stereocenters. The standard InChI is InChI=1S/C24H24ClNO3/c1-16(10-11-17-12-14-18(25)15-13-17)24(5)19-8-6-7-9-20(19)26(21(24)27)22(28)29-23(2,3)4/h6-9,12-16H,1-5H3/t16-,24+/m0/s1. The summed E-state index contributed by atoms with van der Waals surface area (Å²) in [6.07, 6.45) is -0.670. The van der Waals surface area contributed by atoms with Gasteiger partial charge in [-0.15, -0.1) is 0 Å². The largest absolute Gasteiger partial charge is 0.443 e. The second-order valence-electron chi connectivity index (χ2n) is 8.34. The van der Waals surface area contributed by atoms with Crippen molar-refractivity contribution in [1.29, 1.82) is 0 Å². The molecule has 3 rings (SSSR count). The van der Waals surface area contributed by atoms with Gasteiger partial charge in [0.05, 0.1) is 11.1 Å². The molecule has 1 aliphatic rings. The number of carbonyl (C=O) groups excluding carboxylic acids is 2. The van der Waals surface area contributed by atoms with Crippen molar-refractivity contribution in [2.45, 2.75) is 45.6 Å². The average Bonchev–Trinajstić information content (AvgIpc) is 2.88. The number of anilines is 1. The van der Waals surface area contributed by atoms with Gasteiger partial charge in [-0.2, -0.15) is 0 Å². The number of benzene rings is 2. The zero-order valence-electron chi connectivity index (χ0n) is 17.2. The molecule has 2 atom stereocenters. The van der Waals surface area contributed by atoms with Crippen LogP contribution in [0.2, 0.25) is 5.02 Å². The summed E-state index contributed by atoms with van der Waals surface area (Å²) in [5.74, 6) is 5.64. The van der Waals surface area contributed by atoms with Crippen molar-refractivity contribution < 1.29 is 14.3 Å². The second-order valence-corrected chi connectivity index (χ2v) is 8.77. The Kier molecular flexibility index (Phi) is 5.47. The predicted molar refractivity (Wildman–Crippen MR) is 115 cm³/mol. The SMILES string of the molecule is C[C@@H](C#Cc1ccc(Cl)cc1)[C@@]1(C)C(=O)N(C(=O)OC(C)(C)C)c2ccccc21. The van der Waals surface area contributed by atoms with Crippen molar-refractivity contribution in [3.63, 3.8) is 0 Å². The van der Waals surface area contributed by atoms with Crippen molar-refractivity contribution in [2.75, 3.05) is 4.90 Å². The van der Waals surface area contributed by atoms with Crippen molar-refractivity contribution in [3.05, 3.63) is 64.7 Å². The molecule has 0 aromatic heterocycles. The Morgan fingerprint density at radius 3 is 2.38 bits per heavy atom. The molecule has 0 saturated carbocycles. The van der Waals surface area contributed by atoms with Crippen molar-refractivity contribution in [1.82, 2.24) is 0 Å². The molecule has 0 radical (unpaired) electrons. The molecule has 1 aliphatic heterocycles. The number of fused-ring (bicyclic) bond motifs is 1. The highest BCUT2D eigenvalue weighted by Crippen LogP contribution is 2.46. The number of rotatable bonds is 1. The Labute approximate surface area is 176 Å². The molecule has 150 valence electrons. The van der Waals surface area contributed by atoms with Crippen LogP contribution in [0.1, 0.15) is 45.7 Å². The first-order valence-corrected chi connectivity index (χ1v) is 9.86.